The number of imidazole rings is 1. The first-order chi connectivity index (χ1) is 13.1. The van der Waals surface area contributed by atoms with E-state index in [1.54, 1.807) is 16.7 Å². The number of pyridine rings is 1. The number of H-pyrrole nitrogens is 1. The molecule has 4 aromatic rings. The van der Waals surface area contributed by atoms with Gasteiger partial charge in [-0.1, -0.05) is 5.16 Å². The van der Waals surface area contributed by atoms with Crippen molar-refractivity contribution in [2.45, 2.75) is 19.9 Å². The van der Waals surface area contributed by atoms with Gasteiger partial charge >= 0.3 is 5.69 Å². The van der Waals surface area contributed by atoms with Crippen LogP contribution in [-0.2, 0) is 0 Å². The molecule has 0 fully saturated rings. The molecule has 0 saturated heterocycles. The van der Waals surface area contributed by atoms with Crippen LogP contribution in [0.25, 0.3) is 22.2 Å². The fourth-order valence-corrected chi connectivity index (χ4v) is 3.86. The minimum Gasteiger partial charge on any atom is -0.488 e. The molecule has 0 radical (unpaired) electrons. The molecule has 0 spiro atoms. The fourth-order valence-electron chi connectivity index (χ4n) is 3.86. The summed E-state index contributed by atoms with van der Waals surface area (Å²) in [5.41, 5.74) is 4.10. The zero-order chi connectivity index (χ0) is 18.7. The quantitative estimate of drug-likeness (QED) is 0.419. The SMILES string of the molecule is Cc1noc(C)c1-c1ccc2[nH]c(=O)n3c2c1OCC3c1cccc[n+]1O. The van der Waals surface area contributed by atoms with Gasteiger partial charge in [-0.05, 0) is 32.0 Å². The highest BCUT2D eigenvalue weighted by Crippen LogP contribution is 2.42. The van der Waals surface area contributed by atoms with Crippen molar-refractivity contribution in [1.82, 2.24) is 14.7 Å². The maximum absolute atomic E-state index is 12.7. The lowest BCUT2D eigenvalue weighted by Crippen LogP contribution is -2.42. The predicted octanol–water partition coefficient (Wildman–Crippen LogP) is 2.11. The van der Waals surface area contributed by atoms with E-state index in [4.69, 9.17) is 9.26 Å². The van der Waals surface area contributed by atoms with Crippen LogP contribution in [0.3, 0.4) is 0 Å². The summed E-state index contributed by atoms with van der Waals surface area (Å²) in [6.45, 7) is 3.93. The summed E-state index contributed by atoms with van der Waals surface area (Å²) in [5, 5.41) is 14.2. The Kier molecular flexibility index (Phi) is 3.18. The van der Waals surface area contributed by atoms with Crippen LogP contribution in [0.15, 0.2) is 45.8 Å². The summed E-state index contributed by atoms with van der Waals surface area (Å²) in [5.74, 6) is 1.30. The van der Waals surface area contributed by atoms with Crippen LogP contribution in [0, 0.1) is 13.8 Å². The molecular formula is C19H17N4O4+. The fraction of sp³-hybridized carbons (Fsp3) is 0.211. The summed E-state index contributed by atoms with van der Waals surface area (Å²) < 4.78 is 14.1. The monoisotopic (exact) mass is 365 g/mol. The van der Waals surface area contributed by atoms with Gasteiger partial charge < -0.3 is 14.2 Å². The molecule has 0 aliphatic carbocycles. The third kappa shape index (κ3) is 2.13. The minimum absolute atomic E-state index is 0.213. The molecule has 136 valence electrons. The highest BCUT2D eigenvalue weighted by atomic mass is 16.5. The molecule has 8 nitrogen and oxygen atoms in total. The number of hydrogen-bond donors (Lipinski definition) is 2. The van der Waals surface area contributed by atoms with Gasteiger partial charge in [0.25, 0.3) is 5.69 Å². The molecule has 1 atom stereocenters. The zero-order valence-electron chi connectivity index (χ0n) is 14.8. The summed E-state index contributed by atoms with van der Waals surface area (Å²) in [4.78, 5) is 15.6. The van der Waals surface area contributed by atoms with Gasteiger partial charge in [0.15, 0.2) is 11.8 Å². The zero-order valence-corrected chi connectivity index (χ0v) is 14.8. The van der Waals surface area contributed by atoms with Crippen molar-refractivity contribution >= 4 is 11.0 Å². The van der Waals surface area contributed by atoms with Gasteiger partial charge in [0.1, 0.15) is 17.9 Å². The van der Waals surface area contributed by atoms with E-state index < -0.39 is 6.04 Å². The van der Waals surface area contributed by atoms with Crippen molar-refractivity contribution in [3.63, 3.8) is 0 Å². The molecular weight excluding hydrogens is 348 g/mol. The lowest BCUT2D eigenvalue weighted by Gasteiger charge is -2.24. The van der Waals surface area contributed by atoms with E-state index in [0.717, 1.165) is 21.6 Å². The van der Waals surface area contributed by atoms with E-state index in [9.17, 15) is 10.0 Å². The molecule has 1 aliphatic rings. The molecule has 0 amide bonds. The van der Waals surface area contributed by atoms with Crippen LogP contribution >= 0.6 is 0 Å². The Labute approximate surface area is 153 Å². The van der Waals surface area contributed by atoms with Gasteiger partial charge in [0.05, 0.1) is 16.8 Å². The molecule has 0 saturated carbocycles. The molecule has 0 bridgehead atoms. The number of ether oxygens (including phenoxy) is 1. The maximum Gasteiger partial charge on any atom is 0.327 e. The van der Waals surface area contributed by atoms with Crippen LogP contribution in [0.4, 0.5) is 0 Å². The third-order valence-corrected chi connectivity index (χ3v) is 5.04. The molecule has 3 aromatic heterocycles. The molecule has 1 unspecified atom stereocenters. The second-order valence-corrected chi connectivity index (χ2v) is 6.63. The Morgan fingerprint density at radius 1 is 1.30 bits per heavy atom. The number of rotatable bonds is 2. The molecule has 8 heteroatoms. The second kappa shape index (κ2) is 5.47. The maximum atomic E-state index is 12.7. The van der Waals surface area contributed by atoms with Gasteiger partial charge in [-0.15, -0.1) is 0 Å². The lowest BCUT2D eigenvalue weighted by atomic mass is 10.0. The van der Waals surface area contributed by atoms with Crippen LogP contribution in [0.1, 0.15) is 23.2 Å². The first kappa shape index (κ1) is 15.7. The van der Waals surface area contributed by atoms with E-state index >= 15 is 0 Å². The second-order valence-electron chi connectivity index (χ2n) is 6.63. The normalized spacial score (nSPS) is 15.9. The molecule has 4 heterocycles. The summed E-state index contributed by atoms with van der Waals surface area (Å²) >= 11 is 0. The standard InChI is InChI=1S/C19H16N4O4/c1-10-16(11(2)27-21-10)12-6-7-13-17-18(12)26-9-15(23(17)19(24)20-13)14-5-3-4-8-22(14)25/h3-8,15H,9H2,1-2H3,(H-,20,24,25)/p+1. The number of aromatic amines is 1. The molecule has 2 N–H and O–H groups in total. The number of nitrogens with zero attached hydrogens (tertiary/aromatic N) is 3. The largest absolute Gasteiger partial charge is 0.488 e. The molecule has 1 aromatic carbocycles. The van der Waals surface area contributed by atoms with Crippen LogP contribution in [-0.4, -0.2) is 26.5 Å². The van der Waals surface area contributed by atoms with E-state index in [-0.39, 0.29) is 12.3 Å². The average molecular weight is 365 g/mol. The molecule has 27 heavy (non-hydrogen) atoms. The van der Waals surface area contributed by atoms with E-state index in [1.807, 2.05) is 32.0 Å². The van der Waals surface area contributed by atoms with Gasteiger partial charge in [-0.3, -0.25) is 9.77 Å². The van der Waals surface area contributed by atoms with E-state index in [0.29, 0.717) is 28.2 Å². The lowest BCUT2D eigenvalue weighted by molar-refractivity contribution is -0.910. The highest BCUT2D eigenvalue weighted by Gasteiger charge is 2.34. The third-order valence-electron chi connectivity index (χ3n) is 5.04. The number of benzene rings is 1. The Balaban J connectivity index is 1.81. The van der Waals surface area contributed by atoms with Gasteiger partial charge in [0.2, 0.25) is 6.20 Å². The van der Waals surface area contributed by atoms with Gasteiger partial charge in [-0.25, -0.2) is 4.79 Å². The Morgan fingerprint density at radius 2 is 2.15 bits per heavy atom. The number of aryl methyl sites for hydroxylation is 2. The van der Waals surface area contributed by atoms with Crippen molar-refractivity contribution in [3.8, 4) is 16.9 Å². The van der Waals surface area contributed by atoms with Gasteiger partial charge in [-0.2, -0.15) is 0 Å². The van der Waals surface area contributed by atoms with Crippen molar-refractivity contribution in [2.24, 2.45) is 0 Å². The van der Waals surface area contributed by atoms with Crippen molar-refractivity contribution < 1.29 is 19.2 Å². The first-order valence-corrected chi connectivity index (χ1v) is 8.59. The number of nitrogens with one attached hydrogen (secondary N) is 1. The molecule has 1 aliphatic heterocycles. The number of hydrogen-bond acceptors (Lipinski definition) is 5. The van der Waals surface area contributed by atoms with Crippen molar-refractivity contribution in [1.29, 1.82) is 0 Å². The topological polar surface area (TPSA) is 97.2 Å². The minimum atomic E-state index is -0.454. The smallest absolute Gasteiger partial charge is 0.327 e. The van der Waals surface area contributed by atoms with Crippen LogP contribution < -0.4 is 15.2 Å². The highest BCUT2D eigenvalue weighted by molar-refractivity contribution is 5.92. The van der Waals surface area contributed by atoms with Crippen LogP contribution in [0.5, 0.6) is 5.75 Å². The van der Waals surface area contributed by atoms with Gasteiger partial charge in [0, 0.05) is 22.4 Å². The summed E-state index contributed by atoms with van der Waals surface area (Å²) in [6, 6.07) is 8.59. The first-order valence-electron chi connectivity index (χ1n) is 8.59. The number of aromatic nitrogens is 4. The Hall–Kier alpha value is -3.55. The Morgan fingerprint density at radius 3 is 2.89 bits per heavy atom. The molecule has 5 rings (SSSR count). The summed E-state index contributed by atoms with van der Waals surface area (Å²) in [6.07, 6.45) is 1.53. The average Bonchev–Trinajstić information content (AvgIpc) is 3.17. The Bertz CT molecular complexity index is 1230. The van der Waals surface area contributed by atoms with Crippen LogP contribution in [0.2, 0.25) is 0 Å². The van der Waals surface area contributed by atoms with Crippen molar-refractivity contribution in [2.75, 3.05) is 6.61 Å². The van der Waals surface area contributed by atoms with E-state index in [1.165, 1.54) is 6.20 Å². The predicted molar refractivity (Wildman–Crippen MR) is 95.0 cm³/mol. The van der Waals surface area contributed by atoms with Crippen molar-refractivity contribution in [3.05, 3.63) is 64.2 Å². The summed E-state index contributed by atoms with van der Waals surface area (Å²) in [7, 11) is 0. The van der Waals surface area contributed by atoms with E-state index in [2.05, 4.69) is 10.1 Å².